The number of amides is 2. The molecule has 0 saturated carbocycles. The van der Waals surface area contributed by atoms with Crippen LogP contribution in [-0.2, 0) is 0 Å². The Labute approximate surface area is 118 Å². The number of thiazole rings is 1. The minimum absolute atomic E-state index is 0.341. The van der Waals surface area contributed by atoms with E-state index >= 15 is 0 Å². The number of hydrogen-bond acceptors (Lipinski definition) is 3. The molecule has 0 atom stereocenters. The number of nitrogens with zero attached hydrogens (tertiary/aromatic N) is 1. The lowest BCUT2D eigenvalue weighted by Gasteiger charge is -2.07. The van der Waals surface area contributed by atoms with Crippen molar-refractivity contribution in [2.24, 2.45) is 0 Å². The van der Waals surface area contributed by atoms with Gasteiger partial charge in [0.2, 0.25) is 0 Å². The molecule has 0 aliphatic rings. The smallest absolute Gasteiger partial charge is 0.308 e. The molecule has 3 rings (SSSR count). The first-order chi connectivity index (χ1) is 9.70. The number of nitrogens with one attached hydrogen (secondary N) is 2. The van der Waals surface area contributed by atoms with Gasteiger partial charge in [0.15, 0.2) is 0 Å². The molecule has 0 spiro atoms. The minimum atomic E-state index is -0.375. The Kier molecular flexibility index (Phi) is 3.30. The zero-order valence-electron chi connectivity index (χ0n) is 10.3. The maximum atomic E-state index is 12.8. The summed E-state index contributed by atoms with van der Waals surface area (Å²) in [5.74, 6) is -0.341. The normalized spacial score (nSPS) is 10.4. The SMILES string of the molecule is O=C(Nc1ccc(F)cc1)Nc1ccc2ncsc2c1. The lowest BCUT2D eigenvalue weighted by atomic mass is 10.3. The number of carbonyl (C=O) groups excluding carboxylic acids is 1. The summed E-state index contributed by atoms with van der Waals surface area (Å²) in [6, 6.07) is 10.7. The molecule has 4 nitrogen and oxygen atoms in total. The Balaban J connectivity index is 1.70. The van der Waals surface area contributed by atoms with Crippen molar-refractivity contribution in [3.63, 3.8) is 0 Å². The summed E-state index contributed by atoms with van der Waals surface area (Å²) >= 11 is 1.51. The third-order valence-electron chi connectivity index (χ3n) is 2.69. The molecule has 2 aromatic carbocycles. The van der Waals surface area contributed by atoms with Crippen LogP contribution < -0.4 is 10.6 Å². The summed E-state index contributed by atoms with van der Waals surface area (Å²) < 4.78 is 13.8. The van der Waals surface area contributed by atoms with Crippen LogP contribution in [0.1, 0.15) is 0 Å². The third-order valence-corrected chi connectivity index (χ3v) is 3.48. The fourth-order valence-electron chi connectivity index (χ4n) is 1.76. The van der Waals surface area contributed by atoms with E-state index in [4.69, 9.17) is 0 Å². The van der Waals surface area contributed by atoms with Crippen molar-refractivity contribution < 1.29 is 9.18 Å². The maximum Gasteiger partial charge on any atom is 0.323 e. The fraction of sp³-hybridized carbons (Fsp3) is 0. The van der Waals surface area contributed by atoms with Crippen LogP contribution >= 0.6 is 11.3 Å². The highest BCUT2D eigenvalue weighted by molar-refractivity contribution is 7.16. The number of anilines is 2. The van der Waals surface area contributed by atoms with Crippen LogP contribution in [-0.4, -0.2) is 11.0 Å². The number of halogens is 1. The molecule has 2 N–H and O–H groups in total. The third kappa shape index (κ3) is 2.75. The Morgan fingerprint density at radius 3 is 2.55 bits per heavy atom. The number of fused-ring (bicyclic) bond motifs is 1. The summed E-state index contributed by atoms with van der Waals surface area (Å²) in [6.07, 6.45) is 0. The first-order valence-electron chi connectivity index (χ1n) is 5.87. The number of urea groups is 1. The predicted octanol–water partition coefficient (Wildman–Crippen LogP) is 4.08. The minimum Gasteiger partial charge on any atom is -0.308 e. The van der Waals surface area contributed by atoms with Gasteiger partial charge in [0, 0.05) is 11.4 Å². The quantitative estimate of drug-likeness (QED) is 0.746. The molecule has 1 aromatic heterocycles. The number of aromatic nitrogens is 1. The molecule has 0 saturated heterocycles. The van der Waals surface area contributed by atoms with E-state index in [1.807, 2.05) is 12.1 Å². The Morgan fingerprint density at radius 1 is 1.05 bits per heavy atom. The van der Waals surface area contributed by atoms with Gasteiger partial charge in [0.05, 0.1) is 15.7 Å². The second-order valence-electron chi connectivity index (χ2n) is 4.12. The Bertz CT molecular complexity index is 754. The molecule has 3 aromatic rings. The Hall–Kier alpha value is -2.47. The number of carbonyl (C=O) groups is 1. The molecule has 0 aliphatic carbocycles. The van der Waals surface area contributed by atoms with Gasteiger partial charge >= 0.3 is 6.03 Å². The van der Waals surface area contributed by atoms with E-state index in [2.05, 4.69) is 15.6 Å². The molecule has 0 bridgehead atoms. The summed E-state index contributed by atoms with van der Waals surface area (Å²) in [7, 11) is 0. The number of rotatable bonds is 2. The first kappa shape index (κ1) is 12.6. The van der Waals surface area contributed by atoms with Crippen LogP contribution in [0.5, 0.6) is 0 Å². The number of benzene rings is 2. The van der Waals surface area contributed by atoms with Crippen molar-refractivity contribution >= 4 is 39.0 Å². The molecule has 0 unspecified atom stereocenters. The molecule has 0 aliphatic heterocycles. The van der Waals surface area contributed by atoms with Crippen molar-refractivity contribution in [3.8, 4) is 0 Å². The molecule has 0 radical (unpaired) electrons. The first-order valence-corrected chi connectivity index (χ1v) is 6.75. The topological polar surface area (TPSA) is 54.0 Å². The van der Waals surface area contributed by atoms with Crippen molar-refractivity contribution in [3.05, 3.63) is 53.8 Å². The average molecular weight is 287 g/mol. The summed E-state index contributed by atoms with van der Waals surface area (Å²) in [4.78, 5) is 16.0. The lowest BCUT2D eigenvalue weighted by Crippen LogP contribution is -2.19. The van der Waals surface area contributed by atoms with Crippen molar-refractivity contribution in [1.82, 2.24) is 4.98 Å². The van der Waals surface area contributed by atoms with Gasteiger partial charge in [-0.05, 0) is 42.5 Å². The van der Waals surface area contributed by atoms with E-state index in [-0.39, 0.29) is 11.8 Å². The highest BCUT2D eigenvalue weighted by Crippen LogP contribution is 2.22. The molecule has 6 heteroatoms. The zero-order valence-corrected chi connectivity index (χ0v) is 11.1. The highest BCUT2D eigenvalue weighted by Gasteiger charge is 2.04. The zero-order chi connectivity index (χ0) is 13.9. The van der Waals surface area contributed by atoms with Crippen molar-refractivity contribution in [1.29, 1.82) is 0 Å². The van der Waals surface area contributed by atoms with E-state index in [0.29, 0.717) is 11.4 Å². The molecule has 2 amide bonds. The van der Waals surface area contributed by atoms with Crippen LogP contribution in [0.4, 0.5) is 20.6 Å². The van der Waals surface area contributed by atoms with E-state index in [9.17, 15) is 9.18 Å². The summed E-state index contributed by atoms with van der Waals surface area (Å²) in [5, 5.41) is 5.35. The van der Waals surface area contributed by atoms with Crippen molar-refractivity contribution in [2.45, 2.75) is 0 Å². The van der Waals surface area contributed by atoms with Gasteiger partial charge in [-0.1, -0.05) is 0 Å². The predicted molar refractivity (Wildman–Crippen MR) is 78.7 cm³/mol. The highest BCUT2D eigenvalue weighted by atomic mass is 32.1. The molecule has 100 valence electrons. The second-order valence-corrected chi connectivity index (χ2v) is 5.01. The second kappa shape index (κ2) is 5.26. The van der Waals surface area contributed by atoms with E-state index in [0.717, 1.165) is 10.2 Å². The maximum absolute atomic E-state index is 12.8. The number of hydrogen-bond donors (Lipinski definition) is 2. The molecule has 1 heterocycles. The lowest BCUT2D eigenvalue weighted by molar-refractivity contribution is 0.262. The van der Waals surface area contributed by atoms with Gasteiger partial charge < -0.3 is 10.6 Å². The van der Waals surface area contributed by atoms with Gasteiger partial charge in [-0.15, -0.1) is 11.3 Å². The van der Waals surface area contributed by atoms with Gasteiger partial charge in [0.1, 0.15) is 5.82 Å². The summed E-state index contributed by atoms with van der Waals surface area (Å²) in [5.41, 5.74) is 3.87. The van der Waals surface area contributed by atoms with Crippen LogP contribution in [0.15, 0.2) is 48.0 Å². The molecular formula is C14H10FN3OS. The Morgan fingerprint density at radius 2 is 1.75 bits per heavy atom. The van der Waals surface area contributed by atoms with Crippen molar-refractivity contribution in [2.75, 3.05) is 10.6 Å². The van der Waals surface area contributed by atoms with E-state index in [1.54, 1.807) is 11.6 Å². The van der Waals surface area contributed by atoms with Gasteiger partial charge in [-0.3, -0.25) is 0 Å². The van der Waals surface area contributed by atoms with E-state index in [1.165, 1.54) is 35.6 Å². The van der Waals surface area contributed by atoms with Crippen LogP contribution in [0.3, 0.4) is 0 Å². The largest absolute Gasteiger partial charge is 0.323 e. The fourth-order valence-corrected chi connectivity index (χ4v) is 2.48. The van der Waals surface area contributed by atoms with Gasteiger partial charge in [-0.25, -0.2) is 14.2 Å². The molecular weight excluding hydrogens is 277 g/mol. The standard InChI is InChI=1S/C14H10FN3OS/c15-9-1-3-10(4-2-9)17-14(19)18-11-5-6-12-13(7-11)20-8-16-12/h1-8H,(H2,17,18,19). The monoisotopic (exact) mass is 287 g/mol. The van der Waals surface area contributed by atoms with Crippen LogP contribution in [0.2, 0.25) is 0 Å². The van der Waals surface area contributed by atoms with Crippen LogP contribution in [0, 0.1) is 5.82 Å². The summed E-state index contributed by atoms with van der Waals surface area (Å²) in [6.45, 7) is 0. The molecule has 0 fully saturated rings. The van der Waals surface area contributed by atoms with E-state index < -0.39 is 0 Å². The molecule has 20 heavy (non-hydrogen) atoms. The van der Waals surface area contributed by atoms with Gasteiger partial charge in [-0.2, -0.15) is 0 Å². The average Bonchev–Trinajstić information content (AvgIpc) is 2.89. The van der Waals surface area contributed by atoms with Gasteiger partial charge in [0.25, 0.3) is 0 Å². The van der Waals surface area contributed by atoms with Crippen LogP contribution in [0.25, 0.3) is 10.2 Å².